The summed E-state index contributed by atoms with van der Waals surface area (Å²) in [5, 5.41) is 8.33. The SMILES string of the molecule is COc1ccc(-n2nc(C(=O)NCCN3CCOCC3)c3ccccc3c2=O)cc1. The van der Waals surface area contributed by atoms with Crippen LogP contribution in [-0.2, 0) is 4.74 Å². The zero-order valence-electron chi connectivity index (χ0n) is 16.8. The number of hydrogen-bond acceptors (Lipinski definition) is 6. The molecule has 2 aromatic carbocycles. The van der Waals surface area contributed by atoms with Gasteiger partial charge in [0, 0.05) is 31.6 Å². The number of carbonyl (C=O) groups is 1. The van der Waals surface area contributed by atoms with E-state index in [-0.39, 0.29) is 17.2 Å². The molecule has 0 radical (unpaired) electrons. The molecule has 3 aromatic rings. The van der Waals surface area contributed by atoms with Gasteiger partial charge in [-0.2, -0.15) is 9.78 Å². The molecule has 4 rings (SSSR count). The summed E-state index contributed by atoms with van der Waals surface area (Å²) in [6.45, 7) is 4.39. The van der Waals surface area contributed by atoms with Crippen LogP contribution in [0.15, 0.2) is 53.3 Å². The van der Waals surface area contributed by atoms with Crippen molar-refractivity contribution in [3.8, 4) is 11.4 Å². The van der Waals surface area contributed by atoms with Gasteiger partial charge in [0.1, 0.15) is 5.75 Å². The molecule has 0 unspecified atom stereocenters. The second-order valence-electron chi connectivity index (χ2n) is 7.02. The lowest BCUT2D eigenvalue weighted by Crippen LogP contribution is -2.41. The first-order chi connectivity index (χ1) is 14.7. The van der Waals surface area contributed by atoms with Gasteiger partial charge in [0.15, 0.2) is 5.69 Å². The number of nitrogens with zero attached hydrogens (tertiary/aromatic N) is 3. The molecule has 30 heavy (non-hydrogen) atoms. The Labute approximate surface area is 174 Å². The van der Waals surface area contributed by atoms with Crippen LogP contribution in [0.3, 0.4) is 0 Å². The van der Waals surface area contributed by atoms with E-state index in [9.17, 15) is 9.59 Å². The van der Waals surface area contributed by atoms with E-state index in [1.54, 1.807) is 55.6 Å². The minimum Gasteiger partial charge on any atom is -0.497 e. The summed E-state index contributed by atoms with van der Waals surface area (Å²) < 4.78 is 11.8. The lowest BCUT2D eigenvalue weighted by molar-refractivity contribution is 0.0383. The van der Waals surface area contributed by atoms with Crippen LogP contribution >= 0.6 is 0 Å². The first-order valence-corrected chi connectivity index (χ1v) is 9.92. The Morgan fingerprint density at radius 3 is 2.50 bits per heavy atom. The fourth-order valence-corrected chi connectivity index (χ4v) is 3.49. The quantitative estimate of drug-likeness (QED) is 0.665. The van der Waals surface area contributed by atoms with Gasteiger partial charge in [-0.3, -0.25) is 14.5 Å². The molecule has 1 fully saturated rings. The Morgan fingerprint density at radius 1 is 1.10 bits per heavy atom. The van der Waals surface area contributed by atoms with Crippen LogP contribution in [0.25, 0.3) is 16.5 Å². The molecule has 0 saturated carbocycles. The van der Waals surface area contributed by atoms with Crippen LogP contribution in [0.5, 0.6) is 5.75 Å². The summed E-state index contributed by atoms with van der Waals surface area (Å²) in [5.41, 5.74) is 0.512. The number of aromatic nitrogens is 2. The molecule has 0 bridgehead atoms. The summed E-state index contributed by atoms with van der Waals surface area (Å²) >= 11 is 0. The van der Waals surface area contributed by atoms with Crippen molar-refractivity contribution < 1.29 is 14.3 Å². The Bertz CT molecular complexity index is 1090. The van der Waals surface area contributed by atoms with Crippen LogP contribution in [-0.4, -0.2) is 67.1 Å². The van der Waals surface area contributed by atoms with E-state index >= 15 is 0 Å². The minimum atomic E-state index is -0.304. The van der Waals surface area contributed by atoms with Gasteiger partial charge < -0.3 is 14.8 Å². The number of amides is 1. The zero-order chi connectivity index (χ0) is 20.9. The summed E-state index contributed by atoms with van der Waals surface area (Å²) in [4.78, 5) is 28.2. The highest BCUT2D eigenvalue weighted by atomic mass is 16.5. The zero-order valence-corrected chi connectivity index (χ0v) is 16.8. The van der Waals surface area contributed by atoms with E-state index in [1.165, 1.54) is 4.68 Å². The Balaban J connectivity index is 1.63. The topological polar surface area (TPSA) is 85.7 Å². The number of morpholine rings is 1. The van der Waals surface area contributed by atoms with Gasteiger partial charge in [-0.25, -0.2) is 0 Å². The second-order valence-corrected chi connectivity index (χ2v) is 7.02. The highest BCUT2D eigenvalue weighted by molar-refractivity contribution is 6.04. The van der Waals surface area contributed by atoms with Crippen molar-refractivity contribution in [2.24, 2.45) is 0 Å². The van der Waals surface area contributed by atoms with Crippen molar-refractivity contribution >= 4 is 16.7 Å². The Morgan fingerprint density at radius 2 is 1.80 bits per heavy atom. The van der Waals surface area contributed by atoms with E-state index in [1.807, 2.05) is 0 Å². The smallest absolute Gasteiger partial charge is 0.279 e. The van der Waals surface area contributed by atoms with Gasteiger partial charge in [0.05, 0.1) is 31.4 Å². The lowest BCUT2D eigenvalue weighted by atomic mass is 10.1. The molecule has 8 nitrogen and oxygen atoms in total. The predicted octanol–water partition coefficient (Wildman–Crippen LogP) is 1.46. The summed E-state index contributed by atoms with van der Waals surface area (Å²) in [7, 11) is 1.58. The second kappa shape index (κ2) is 9.06. The largest absolute Gasteiger partial charge is 0.497 e. The number of methoxy groups -OCH3 is 1. The predicted molar refractivity (Wildman–Crippen MR) is 113 cm³/mol. The Kier molecular flexibility index (Phi) is 6.06. The number of carbonyl (C=O) groups excluding carboxylic acids is 1. The normalized spacial score (nSPS) is 14.6. The standard InChI is InChI=1S/C22H24N4O4/c1-29-17-8-6-16(7-9-17)26-22(28)19-5-3-2-4-18(19)20(24-26)21(27)23-10-11-25-12-14-30-15-13-25/h2-9H,10-15H2,1H3,(H,23,27). The molecule has 2 heterocycles. The van der Waals surface area contributed by atoms with E-state index < -0.39 is 0 Å². The first-order valence-electron chi connectivity index (χ1n) is 9.92. The fourth-order valence-electron chi connectivity index (χ4n) is 3.49. The Hall–Kier alpha value is -3.23. The monoisotopic (exact) mass is 408 g/mol. The number of rotatable bonds is 6. The van der Waals surface area contributed by atoms with Crippen LogP contribution in [0.4, 0.5) is 0 Å². The lowest BCUT2D eigenvalue weighted by Gasteiger charge is -2.26. The van der Waals surface area contributed by atoms with Gasteiger partial charge in [0.25, 0.3) is 11.5 Å². The highest BCUT2D eigenvalue weighted by Gasteiger charge is 2.18. The fraction of sp³-hybridized carbons (Fsp3) is 0.318. The van der Waals surface area contributed by atoms with E-state index in [0.29, 0.717) is 42.0 Å². The third kappa shape index (κ3) is 4.19. The van der Waals surface area contributed by atoms with Crippen molar-refractivity contribution in [2.45, 2.75) is 0 Å². The molecule has 1 aliphatic heterocycles. The van der Waals surface area contributed by atoms with Crippen LogP contribution in [0, 0.1) is 0 Å². The maximum absolute atomic E-state index is 13.0. The number of nitrogens with one attached hydrogen (secondary N) is 1. The molecule has 1 amide bonds. The number of ether oxygens (including phenoxy) is 2. The third-order valence-electron chi connectivity index (χ3n) is 5.15. The molecular weight excluding hydrogens is 384 g/mol. The van der Waals surface area contributed by atoms with E-state index in [0.717, 1.165) is 19.6 Å². The average Bonchev–Trinajstić information content (AvgIpc) is 2.80. The molecule has 0 spiro atoms. The van der Waals surface area contributed by atoms with E-state index in [2.05, 4.69) is 15.3 Å². The van der Waals surface area contributed by atoms with Gasteiger partial charge in [-0.15, -0.1) is 0 Å². The number of fused-ring (bicyclic) bond motifs is 1. The van der Waals surface area contributed by atoms with Crippen molar-refractivity contribution in [1.82, 2.24) is 20.0 Å². The van der Waals surface area contributed by atoms with Crippen LogP contribution < -0.4 is 15.6 Å². The van der Waals surface area contributed by atoms with E-state index in [4.69, 9.17) is 9.47 Å². The van der Waals surface area contributed by atoms with Crippen molar-refractivity contribution in [2.75, 3.05) is 46.5 Å². The summed E-state index contributed by atoms with van der Waals surface area (Å²) in [5.74, 6) is 0.371. The molecule has 1 aromatic heterocycles. The van der Waals surface area contributed by atoms with Crippen LogP contribution in [0.1, 0.15) is 10.5 Å². The van der Waals surface area contributed by atoms with Gasteiger partial charge in [0.2, 0.25) is 0 Å². The molecular formula is C22H24N4O4. The summed E-state index contributed by atoms with van der Waals surface area (Å²) in [6.07, 6.45) is 0. The maximum atomic E-state index is 13.0. The van der Waals surface area contributed by atoms with Gasteiger partial charge in [-0.05, 0) is 30.3 Å². The van der Waals surface area contributed by atoms with Gasteiger partial charge >= 0.3 is 0 Å². The first kappa shape index (κ1) is 20.1. The molecule has 0 atom stereocenters. The molecule has 1 saturated heterocycles. The van der Waals surface area contributed by atoms with Gasteiger partial charge in [-0.1, -0.05) is 18.2 Å². The highest BCUT2D eigenvalue weighted by Crippen LogP contribution is 2.17. The molecule has 0 aliphatic carbocycles. The third-order valence-corrected chi connectivity index (χ3v) is 5.15. The minimum absolute atomic E-state index is 0.225. The maximum Gasteiger partial charge on any atom is 0.279 e. The van der Waals surface area contributed by atoms with Crippen molar-refractivity contribution in [3.63, 3.8) is 0 Å². The molecule has 156 valence electrons. The van der Waals surface area contributed by atoms with Crippen LogP contribution in [0.2, 0.25) is 0 Å². The number of benzene rings is 2. The molecule has 1 aliphatic rings. The van der Waals surface area contributed by atoms with Crippen molar-refractivity contribution in [1.29, 1.82) is 0 Å². The summed E-state index contributed by atoms with van der Waals surface area (Å²) in [6, 6.07) is 14.0. The molecule has 8 heteroatoms. The van der Waals surface area contributed by atoms with Crippen molar-refractivity contribution in [3.05, 3.63) is 64.6 Å². The number of hydrogen-bond donors (Lipinski definition) is 1. The average molecular weight is 408 g/mol. The molecule has 1 N–H and O–H groups in total.